The Kier molecular flexibility index (Phi) is 5.30. The van der Waals surface area contributed by atoms with E-state index < -0.39 is 5.79 Å². The topological polar surface area (TPSA) is 62.1 Å². The molecule has 1 fully saturated rings. The van der Waals surface area contributed by atoms with Crippen molar-refractivity contribution < 1.29 is 9.47 Å². The maximum absolute atomic E-state index is 5.98. The van der Waals surface area contributed by atoms with E-state index in [9.17, 15) is 0 Å². The quantitative estimate of drug-likeness (QED) is 0.573. The lowest BCUT2D eigenvalue weighted by molar-refractivity contribution is -0.170. The molecule has 124 valence electrons. The highest BCUT2D eigenvalue weighted by Crippen LogP contribution is 2.36. The van der Waals surface area contributed by atoms with Crippen LogP contribution in [0.3, 0.4) is 0 Å². The normalized spacial score (nSPS) is 16.8. The fourth-order valence-electron chi connectivity index (χ4n) is 2.72. The molecular weight excluding hydrogens is 312 g/mol. The highest BCUT2D eigenvalue weighted by Gasteiger charge is 2.37. The molecular formula is C16H22N4O2S. The van der Waals surface area contributed by atoms with Crippen molar-refractivity contribution in [1.29, 1.82) is 0 Å². The van der Waals surface area contributed by atoms with E-state index in [-0.39, 0.29) is 0 Å². The molecule has 0 amide bonds. The van der Waals surface area contributed by atoms with Crippen molar-refractivity contribution >= 4 is 11.8 Å². The van der Waals surface area contributed by atoms with Gasteiger partial charge in [0.15, 0.2) is 5.79 Å². The summed E-state index contributed by atoms with van der Waals surface area (Å²) in [6, 6.07) is 8.57. The number of ether oxygens (including phenoxy) is 2. The number of aromatic nitrogens is 4. The summed E-state index contributed by atoms with van der Waals surface area (Å²) in [5.74, 6) is 0.334. The highest BCUT2D eigenvalue weighted by atomic mass is 32.2. The third-order valence-corrected chi connectivity index (χ3v) is 5.12. The van der Waals surface area contributed by atoms with Gasteiger partial charge in [-0.1, -0.05) is 43.0 Å². The van der Waals surface area contributed by atoms with Crippen LogP contribution in [0.5, 0.6) is 0 Å². The zero-order valence-corrected chi connectivity index (χ0v) is 14.4. The summed E-state index contributed by atoms with van der Waals surface area (Å²) in [4.78, 5) is 0. The second-order valence-electron chi connectivity index (χ2n) is 5.54. The van der Waals surface area contributed by atoms with Gasteiger partial charge in [0.1, 0.15) is 0 Å². The molecule has 1 aliphatic heterocycles. The summed E-state index contributed by atoms with van der Waals surface area (Å²) in [5.41, 5.74) is 2.43. The summed E-state index contributed by atoms with van der Waals surface area (Å²) in [6.45, 7) is 3.46. The number of nitrogens with zero attached hydrogens (tertiary/aromatic N) is 4. The zero-order chi connectivity index (χ0) is 16.1. The van der Waals surface area contributed by atoms with E-state index in [0.717, 1.165) is 35.7 Å². The molecule has 1 saturated heterocycles. The first-order valence-electron chi connectivity index (χ1n) is 7.96. The number of thioether (sulfide) groups is 1. The van der Waals surface area contributed by atoms with Gasteiger partial charge in [0.2, 0.25) is 5.16 Å². The van der Waals surface area contributed by atoms with Crippen LogP contribution in [0.25, 0.3) is 0 Å². The lowest BCUT2D eigenvalue weighted by Gasteiger charge is -2.28. The molecule has 1 aliphatic rings. The first-order chi connectivity index (χ1) is 11.2. The van der Waals surface area contributed by atoms with Gasteiger partial charge in [-0.25, -0.2) is 4.68 Å². The minimum Gasteiger partial charge on any atom is -0.343 e. The molecule has 0 N–H and O–H groups in total. The van der Waals surface area contributed by atoms with Gasteiger partial charge in [-0.15, -0.1) is 5.10 Å². The monoisotopic (exact) mass is 334 g/mol. The van der Waals surface area contributed by atoms with Gasteiger partial charge >= 0.3 is 0 Å². The fourth-order valence-corrected chi connectivity index (χ4v) is 3.51. The number of benzene rings is 1. The summed E-state index contributed by atoms with van der Waals surface area (Å²) < 4.78 is 13.7. The smallest absolute Gasteiger partial charge is 0.209 e. The van der Waals surface area contributed by atoms with E-state index in [2.05, 4.69) is 46.7 Å². The maximum atomic E-state index is 5.98. The Morgan fingerprint density at radius 1 is 1.22 bits per heavy atom. The van der Waals surface area contributed by atoms with Gasteiger partial charge in [-0.3, -0.25) is 0 Å². The Morgan fingerprint density at radius 3 is 2.57 bits per heavy atom. The Labute approximate surface area is 140 Å². The fraction of sp³-hybridized carbons (Fsp3) is 0.562. The van der Waals surface area contributed by atoms with Crippen LogP contribution in [0, 0.1) is 0 Å². The number of hydrogen-bond donors (Lipinski definition) is 0. The van der Waals surface area contributed by atoms with Crippen LogP contribution in [-0.2, 0) is 28.7 Å². The number of tetrazole rings is 1. The zero-order valence-electron chi connectivity index (χ0n) is 13.6. The minimum atomic E-state index is -0.592. The Morgan fingerprint density at radius 2 is 1.96 bits per heavy atom. The maximum Gasteiger partial charge on any atom is 0.209 e. The number of rotatable bonds is 7. The molecule has 2 aromatic rings. The second kappa shape index (κ2) is 7.42. The van der Waals surface area contributed by atoms with Crippen molar-refractivity contribution in [3.05, 3.63) is 35.4 Å². The predicted molar refractivity (Wildman–Crippen MR) is 88.2 cm³/mol. The third kappa shape index (κ3) is 3.73. The van der Waals surface area contributed by atoms with Gasteiger partial charge in [-0.05, 0) is 28.8 Å². The standard InChI is InChI=1S/C16H22N4O2S/c1-3-13-5-7-14(8-6-13)16(21-10-11-22-16)9-4-12-23-15-17-18-19-20(15)2/h5-8H,3-4,9-12H2,1-2H3. The van der Waals surface area contributed by atoms with Crippen molar-refractivity contribution in [2.45, 2.75) is 37.1 Å². The number of hydrogen-bond acceptors (Lipinski definition) is 6. The average Bonchev–Trinajstić information content (AvgIpc) is 3.22. The van der Waals surface area contributed by atoms with Gasteiger partial charge in [0.25, 0.3) is 0 Å². The van der Waals surface area contributed by atoms with Gasteiger partial charge in [-0.2, -0.15) is 0 Å². The van der Waals surface area contributed by atoms with Gasteiger partial charge in [0, 0.05) is 24.8 Å². The van der Waals surface area contributed by atoms with Crippen LogP contribution in [-0.4, -0.2) is 39.2 Å². The number of aryl methyl sites for hydroxylation is 2. The molecule has 3 rings (SSSR count). The van der Waals surface area contributed by atoms with E-state index in [0.29, 0.717) is 13.2 Å². The summed E-state index contributed by atoms with van der Waals surface area (Å²) in [7, 11) is 1.85. The predicted octanol–water partition coefficient (Wildman–Crippen LogP) is 2.54. The molecule has 23 heavy (non-hydrogen) atoms. The Balaban J connectivity index is 1.60. The summed E-state index contributed by atoms with van der Waals surface area (Å²) in [6.07, 6.45) is 2.83. The molecule has 0 unspecified atom stereocenters. The van der Waals surface area contributed by atoms with Crippen LogP contribution in [0.4, 0.5) is 0 Å². The summed E-state index contributed by atoms with van der Waals surface area (Å²) in [5, 5.41) is 12.3. The van der Waals surface area contributed by atoms with Crippen LogP contribution >= 0.6 is 11.8 Å². The molecule has 0 atom stereocenters. The molecule has 0 aliphatic carbocycles. The lowest BCUT2D eigenvalue weighted by Crippen LogP contribution is -2.27. The third-order valence-electron chi connectivity index (χ3n) is 4.02. The SMILES string of the molecule is CCc1ccc(C2(CCCSc3nnnn3C)OCCO2)cc1. The molecule has 0 saturated carbocycles. The van der Waals surface area contributed by atoms with Crippen LogP contribution in [0.2, 0.25) is 0 Å². The first-order valence-corrected chi connectivity index (χ1v) is 8.94. The van der Waals surface area contributed by atoms with Crippen LogP contribution in [0.15, 0.2) is 29.4 Å². The molecule has 0 bridgehead atoms. The molecule has 6 nitrogen and oxygen atoms in total. The molecule has 2 heterocycles. The Bertz CT molecular complexity index is 623. The van der Waals surface area contributed by atoms with Crippen molar-refractivity contribution in [3.63, 3.8) is 0 Å². The van der Waals surface area contributed by atoms with E-state index in [1.807, 2.05) is 7.05 Å². The minimum absolute atomic E-state index is 0.592. The van der Waals surface area contributed by atoms with Crippen molar-refractivity contribution in [2.24, 2.45) is 7.05 Å². The second-order valence-corrected chi connectivity index (χ2v) is 6.60. The average molecular weight is 334 g/mol. The van der Waals surface area contributed by atoms with Crippen molar-refractivity contribution in [1.82, 2.24) is 20.2 Å². The molecule has 7 heteroatoms. The van der Waals surface area contributed by atoms with Gasteiger partial charge < -0.3 is 9.47 Å². The van der Waals surface area contributed by atoms with E-state index in [4.69, 9.17) is 9.47 Å². The van der Waals surface area contributed by atoms with E-state index in [1.54, 1.807) is 16.4 Å². The Hall–Kier alpha value is -1.44. The largest absolute Gasteiger partial charge is 0.343 e. The van der Waals surface area contributed by atoms with Crippen molar-refractivity contribution in [2.75, 3.05) is 19.0 Å². The van der Waals surface area contributed by atoms with Crippen LogP contribution < -0.4 is 0 Å². The molecule has 1 aromatic carbocycles. The first kappa shape index (κ1) is 16.4. The van der Waals surface area contributed by atoms with Gasteiger partial charge in [0.05, 0.1) is 13.2 Å². The lowest BCUT2D eigenvalue weighted by atomic mass is 9.99. The highest BCUT2D eigenvalue weighted by molar-refractivity contribution is 7.99. The molecule has 0 radical (unpaired) electrons. The van der Waals surface area contributed by atoms with Crippen molar-refractivity contribution in [3.8, 4) is 0 Å². The summed E-state index contributed by atoms with van der Waals surface area (Å²) >= 11 is 1.65. The molecule has 0 spiro atoms. The van der Waals surface area contributed by atoms with Crippen LogP contribution in [0.1, 0.15) is 30.9 Å². The van der Waals surface area contributed by atoms with E-state index >= 15 is 0 Å². The molecule has 1 aromatic heterocycles. The van der Waals surface area contributed by atoms with E-state index in [1.165, 1.54) is 5.56 Å².